The van der Waals surface area contributed by atoms with Gasteiger partial charge in [0.25, 0.3) is 0 Å². The highest BCUT2D eigenvalue weighted by atomic mass is 15.2. The number of hydrogen-bond donors (Lipinski definition) is 1. The van der Waals surface area contributed by atoms with Crippen molar-refractivity contribution in [2.24, 2.45) is 11.8 Å². The van der Waals surface area contributed by atoms with Crippen LogP contribution in [0.25, 0.3) is 0 Å². The predicted octanol–water partition coefficient (Wildman–Crippen LogP) is 3.92. The summed E-state index contributed by atoms with van der Waals surface area (Å²) in [6, 6.07) is 9.02. The van der Waals surface area contributed by atoms with Gasteiger partial charge in [-0.05, 0) is 62.3 Å². The summed E-state index contributed by atoms with van der Waals surface area (Å²) in [5.74, 6) is 1.70. The first-order valence-electron chi connectivity index (χ1n) is 7.22. The fourth-order valence-electron chi connectivity index (χ4n) is 3.48. The molecule has 0 amide bonds. The highest BCUT2D eigenvalue weighted by Crippen LogP contribution is 2.33. The zero-order valence-corrected chi connectivity index (χ0v) is 11.9. The van der Waals surface area contributed by atoms with E-state index in [0.29, 0.717) is 6.04 Å². The first kappa shape index (κ1) is 13.3. The zero-order valence-electron chi connectivity index (χ0n) is 11.9. The molecule has 2 nitrogen and oxygen atoms in total. The normalized spacial score (nSPS) is 28.1. The summed E-state index contributed by atoms with van der Waals surface area (Å²) in [5.41, 5.74) is 7.94. The lowest BCUT2D eigenvalue weighted by Gasteiger charge is -2.40. The third-order valence-electron chi connectivity index (χ3n) is 4.16. The van der Waals surface area contributed by atoms with Crippen LogP contribution >= 0.6 is 0 Å². The molecule has 2 unspecified atom stereocenters. The lowest BCUT2D eigenvalue weighted by atomic mass is 9.79. The van der Waals surface area contributed by atoms with E-state index in [1.165, 1.54) is 24.9 Å². The van der Waals surface area contributed by atoms with Gasteiger partial charge in [0.05, 0.1) is 0 Å². The summed E-state index contributed by atoms with van der Waals surface area (Å²) in [5, 5.41) is 0. The molecule has 0 bridgehead atoms. The van der Waals surface area contributed by atoms with Gasteiger partial charge in [-0.15, -0.1) is 0 Å². The van der Waals surface area contributed by atoms with Crippen LogP contribution < -0.4 is 10.6 Å². The number of hydrogen-bond acceptors (Lipinski definition) is 2. The Morgan fingerprint density at radius 1 is 1.06 bits per heavy atom. The number of benzene rings is 1. The van der Waals surface area contributed by atoms with Gasteiger partial charge in [0.1, 0.15) is 0 Å². The van der Waals surface area contributed by atoms with Crippen molar-refractivity contribution in [1.29, 1.82) is 0 Å². The van der Waals surface area contributed by atoms with E-state index in [4.69, 9.17) is 5.73 Å². The second-order valence-corrected chi connectivity index (χ2v) is 5.95. The number of nitrogen functional groups attached to an aromatic ring is 1. The number of nitrogens with two attached hydrogens (primary N) is 1. The minimum atomic E-state index is 0.692. The van der Waals surface area contributed by atoms with E-state index in [9.17, 15) is 0 Å². The Morgan fingerprint density at radius 3 is 2.11 bits per heavy atom. The highest BCUT2D eigenvalue weighted by Gasteiger charge is 2.27. The largest absolute Gasteiger partial charge is 0.399 e. The summed E-state index contributed by atoms with van der Waals surface area (Å²) in [7, 11) is 0. The van der Waals surface area contributed by atoms with Gasteiger partial charge in [0.2, 0.25) is 0 Å². The Balaban J connectivity index is 2.14. The summed E-state index contributed by atoms with van der Waals surface area (Å²) >= 11 is 0. The third-order valence-corrected chi connectivity index (χ3v) is 4.16. The molecule has 1 aromatic rings. The SMILES string of the molecule is CCN(c1ccc(N)cc1)C1CC(C)CC(C)C1. The zero-order chi connectivity index (χ0) is 13.1. The van der Waals surface area contributed by atoms with E-state index in [-0.39, 0.29) is 0 Å². The Bertz CT molecular complexity index is 361. The van der Waals surface area contributed by atoms with Crippen molar-refractivity contribution < 1.29 is 0 Å². The Hall–Kier alpha value is -1.18. The van der Waals surface area contributed by atoms with Gasteiger partial charge in [-0.3, -0.25) is 0 Å². The van der Waals surface area contributed by atoms with Gasteiger partial charge >= 0.3 is 0 Å². The predicted molar refractivity (Wildman–Crippen MR) is 79.8 cm³/mol. The molecule has 0 radical (unpaired) electrons. The summed E-state index contributed by atoms with van der Waals surface area (Å²) < 4.78 is 0. The van der Waals surface area contributed by atoms with Gasteiger partial charge in [0.15, 0.2) is 0 Å². The maximum atomic E-state index is 5.77. The van der Waals surface area contributed by atoms with Crippen LogP contribution in [0.2, 0.25) is 0 Å². The molecule has 100 valence electrons. The van der Waals surface area contributed by atoms with Crippen molar-refractivity contribution in [2.45, 2.75) is 46.1 Å². The third kappa shape index (κ3) is 2.98. The van der Waals surface area contributed by atoms with E-state index < -0.39 is 0 Å². The number of anilines is 2. The standard InChI is InChI=1S/C16H26N2/c1-4-18(15-7-5-14(17)6-8-15)16-10-12(2)9-13(3)11-16/h5-8,12-13,16H,4,9-11,17H2,1-3H3. The first-order valence-corrected chi connectivity index (χ1v) is 7.22. The molecule has 2 heteroatoms. The molecule has 18 heavy (non-hydrogen) atoms. The number of nitrogens with zero attached hydrogens (tertiary/aromatic N) is 1. The molecule has 1 saturated carbocycles. The van der Waals surface area contributed by atoms with Crippen LogP contribution in [0, 0.1) is 11.8 Å². The fraction of sp³-hybridized carbons (Fsp3) is 0.625. The molecular formula is C16H26N2. The summed E-state index contributed by atoms with van der Waals surface area (Å²) in [6.07, 6.45) is 4.03. The second kappa shape index (κ2) is 5.64. The smallest absolute Gasteiger partial charge is 0.0370 e. The maximum Gasteiger partial charge on any atom is 0.0370 e. The molecule has 0 heterocycles. The van der Waals surface area contributed by atoms with Crippen molar-refractivity contribution in [3.63, 3.8) is 0 Å². The topological polar surface area (TPSA) is 29.3 Å². The van der Waals surface area contributed by atoms with Crippen LogP contribution in [0.3, 0.4) is 0 Å². The average Bonchev–Trinajstić information content (AvgIpc) is 2.31. The van der Waals surface area contributed by atoms with E-state index in [1.54, 1.807) is 0 Å². The Kier molecular flexibility index (Phi) is 4.15. The van der Waals surface area contributed by atoms with E-state index in [1.807, 2.05) is 12.1 Å². The van der Waals surface area contributed by atoms with Crippen molar-refractivity contribution in [3.8, 4) is 0 Å². The highest BCUT2D eigenvalue weighted by molar-refractivity contribution is 5.53. The van der Waals surface area contributed by atoms with Crippen molar-refractivity contribution in [1.82, 2.24) is 0 Å². The molecule has 2 N–H and O–H groups in total. The lowest BCUT2D eigenvalue weighted by Crippen LogP contribution is -2.40. The minimum Gasteiger partial charge on any atom is -0.399 e. The van der Waals surface area contributed by atoms with Gasteiger partial charge in [0, 0.05) is 24.0 Å². The molecule has 1 aliphatic carbocycles. The first-order chi connectivity index (χ1) is 8.60. The van der Waals surface area contributed by atoms with Crippen LogP contribution in [-0.4, -0.2) is 12.6 Å². The van der Waals surface area contributed by atoms with E-state index in [2.05, 4.69) is 37.8 Å². The molecule has 1 aromatic carbocycles. The van der Waals surface area contributed by atoms with E-state index >= 15 is 0 Å². The van der Waals surface area contributed by atoms with E-state index in [0.717, 1.165) is 24.1 Å². The maximum absolute atomic E-state index is 5.77. The molecule has 2 atom stereocenters. The molecule has 0 spiro atoms. The van der Waals surface area contributed by atoms with Gasteiger partial charge in [-0.2, -0.15) is 0 Å². The summed E-state index contributed by atoms with van der Waals surface area (Å²) in [4.78, 5) is 2.55. The second-order valence-electron chi connectivity index (χ2n) is 5.95. The fourth-order valence-corrected chi connectivity index (χ4v) is 3.48. The van der Waals surface area contributed by atoms with Crippen LogP contribution in [0.5, 0.6) is 0 Å². The molecule has 0 aromatic heterocycles. The molecule has 0 aliphatic heterocycles. The van der Waals surface area contributed by atoms with Crippen LogP contribution in [-0.2, 0) is 0 Å². The Labute approximate surface area is 111 Å². The molecular weight excluding hydrogens is 220 g/mol. The average molecular weight is 246 g/mol. The van der Waals surface area contributed by atoms with Crippen molar-refractivity contribution in [3.05, 3.63) is 24.3 Å². The van der Waals surface area contributed by atoms with Crippen molar-refractivity contribution >= 4 is 11.4 Å². The molecule has 1 fully saturated rings. The Morgan fingerprint density at radius 2 is 1.61 bits per heavy atom. The van der Waals surface area contributed by atoms with Crippen LogP contribution in [0.4, 0.5) is 11.4 Å². The lowest BCUT2D eigenvalue weighted by molar-refractivity contribution is 0.261. The molecule has 1 aliphatic rings. The van der Waals surface area contributed by atoms with Crippen LogP contribution in [0.1, 0.15) is 40.0 Å². The van der Waals surface area contributed by atoms with Gasteiger partial charge < -0.3 is 10.6 Å². The monoisotopic (exact) mass is 246 g/mol. The van der Waals surface area contributed by atoms with Crippen LogP contribution in [0.15, 0.2) is 24.3 Å². The van der Waals surface area contributed by atoms with Gasteiger partial charge in [-0.1, -0.05) is 13.8 Å². The molecule has 0 saturated heterocycles. The number of rotatable bonds is 3. The quantitative estimate of drug-likeness (QED) is 0.819. The van der Waals surface area contributed by atoms with Crippen molar-refractivity contribution in [2.75, 3.05) is 17.2 Å². The molecule has 2 rings (SSSR count). The minimum absolute atomic E-state index is 0.692. The summed E-state index contributed by atoms with van der Waals surface area (Å²) in [6.45, 7) is 8.10. The van der Waals surface area contributed by atoms with Gasteiger partial charge in [-0.25, -0.2) is 0 Å².